The molecule has 1 atom stereocenters. The topological polar surface area (TPSA) is 52.7 Å². The van der Waals surface area contributed by atoms with Crippen molar-refractivity contribution in [3.8, 4) is 0 Å². The van der Waals surface area contributed by atoms with E-state index in [4.69, 9.17) is 0 Å². The van der Waals surface area contributed by atoms with Crippen LogP contribution in [-0.2, 0) is 9.59 Å². The molecule has 23 heavy (non-hydrogen) atoms. The van der Waals surface area contributed by atoms with Crippen molar-refractivity contribution in [2.24, 2.45) is 5.92 Å². The Kier molecular flexibility index (Phi) is 4.96. The predicted molar refractivity (Wildman–Crippen MR) is 91.5 cm³/mol. The number of likely N-dealkylation sites (tertiary alicyclic amines) is 1. The molecular weight excluding hydrogens is 290 g/mol. The molecule has 2 heterocycles. The van der Waals surface area contributed by atoms with E-state index in [0.717, 1.165) is 37.4 Å². The summed E-state index contributed by atoms with van der Waals surface area (Å²) in [7, 11) is 0. The number of hydrogen-bond donors (Lipinski definition) is 1. The molecule has 0 radical (unpaired) electrons. The number of carbonyl (C=O) groups is 2. The maximum Gasteiger partial charge on any atom is 0.238 e. The number of hydrogen-bond acceptors (Lipinski definition) is 3. The summed E-state index contributed by atoms with van der Waals surface area (Å²) in [4.78, 5) is 27.9. The zero-order chi connectivity index (χ0) is 16.2. The van der Waals surface area contributed by atoms with E-state index in [1.165, 1.54) is 12.8 Å². The summed E-state index contributed by atoms with van der Waals surface area (Å²) >= 11 is 0. The Morgan fingerprint density at radius 3 is 2.65 bits per heavy atom. The Morgan fingerprint density at radius 1 is 1.22 bits per heavy atom. The Bertz CT molecular complexity index is 570. The van der Waals surface area contributed by atoms with E-state index in [2.05, 4.69) is 17.1 Å². The molecule has 0 aliphatic carbocycles. The van der Waals surface area contributed by atoms with Crippen molar-refractivity contribution in [2.45, 2.75) is 32.6 Å². The lowest BCUT2D eigenvalue weighted by Gasteiger charge is -2.30. The molecular formula is C18H25N3O2. The Labute approximate surface area is 137 Å². The lowest BCUT2D eigenvalue weighted by Crippen LogP contribution is -2.39. The van der Waals surface area contributed by atoms with E-state index in [0.29, 0.717) is 18.9 Å². The van der Waals surface area contributed by atoms with Crippen molar-refractivity contribution in [2.75, 3.05) is 36.4 Å². The van der Waals surface area contributed by atoms with Crippen LogP contribution in [0.3, 0.4) is 0 Å². The summed E-state index contributed by atoms with van der Waals surface area (Å²) in [5.41, 5.74) is 1.70. The molecule has 0 aromatic heterocycles. The summed E-state index contributed by atoms with van der Waals surface area (Å²) in [6, 6.07) is 7.55. The SMILES string of the molecule is C[C@H]1CCCN(CC(=O)Nc2ccc(N3CCCC3=O)cc2)C1. The lowest BCUT2D eigenvalue weighted by atomic mass is 10.0. The largest absolute Gasteiger partial charge is 0.325 e. The van der Waals surface area contributed by atoms with Gasteiger partial charge in [-0.25, -0.2) is 0 Å². The van der Waals surface area contributed by atoms with Crippen LogP contribution in [0.1, 0.15) is 32.6 Å². The first-order chi connectivity index (χ1) is 11.1. The molecule has 2 aliphatic rings. The molecule has 124 valence electrons. The number of nitrogens with one attached hydrogen (secondary N) is 1. The number of amides is 2. The van der Waals surface area contributed by atoms with Crippen LogP contribution in [-0.4, -0.2) is 42.9 Å². The highest BCUT2D eigenvalue weighted by Crippen LogP contribution is 2.23. The molecule has 2 aliphatic heterocycles. The van der Waals surface area contributed by atoms with Gasteiger partial charge in [-0.2, -0.15) is 0 Å². The van der Waals surface area contributed by atoms with Crippen molar-refractivity contribution in [1.82, 2.24) is 4.90 Å². The van der Waals surface area contributed by atoms with Crippen LogP contribution < -0.4 is 10.2 Å². The summed E-state index contributed by atoms with van der Waals surface area (Å²) in [6.45, 7) is 5.49. The highest BCUT2D eigenvalue weighted by molar-refractivity contribution is 5.96. The Hall–Kier alpha value is -1.88. The van der Waals surface area contributed by atoms with Gasteiger partial charge in [0, 0.05) is 30.9 Å². The van der Waals surface area contributed by atoms with Crippen molar-refractivity contribution in [1.29, 1.82) is 0 Å². The number of carbonyl (C=O) groups excluding carboxylic acids is 2. The van der Waals surface area contributed by atoms with Crippen molar-refractivity contribution in [3.63, 3.8) is 0 Å². The highest BCUT2D eigenvalue weighted by atomic mass is 16.2. The van der Waals surface area contributed by atoms with E-state index >= 15 is 0 Å². The van der Waals surface area contributed by atoms with Crippen LogP contribution in [0.15, 0.2) is 24.3 Å². The van der Waals surface area contributed by atoms with Gasteiger partial charge in [-0.15, -0.1) is 0 Å². The quantitative estimate of drug-likeness (QED) is 0.929. The van der Waals surface area contributed by atoms with Gasteiger partial charge in [0.15, 0.2) is 0 Å². The van der Waals surface area contributed by atoms with Gasteiger partial charge in [-0.05, 0) is 56.0 Å². The van der Waals surface area contributed by atoms with Gasteiger partial charge in [0.25, 0.3) is 0 Å². The maximum absolute atomic E-state index is 12.2. The average molecular weight is 315 g/mol. The number of piperidine rings is 1. The zero-order valence-corrected chi connectivity index (χ0v) is 13.8. The number of benzene rings is 1. The minimum absolute atomic E-state index is 0.0316. The minimum Gasteiger partial charge on any atom is -0.325 e. The van der Waals surface area contributed by atoms with Gasteiger partial charge in [0.2, 0.25) is 11.8 Å². The van der Waals surface area contributed by atoms with Crippen molar-refractivity contribution >= 4 is 23.2 Å². The summed E-state index contributed by atoms with van der Waals surface area (Å²) in [6.07, 6.45) is 3.99. The molecule has 5 heteroatoms. The third-order valence-corrected chi connectivity index (χ3v) is 4.64. The van der Waals surface area contributed by atoms with Crippen molar-refractivity contribution < 1.29 is 9.59 Å². The van der Waals surface area contributed by atoms with Crippen LogP contribution >= 0.6 is 0 Å². The fourth-order valence-corrected chi connectivity index (χ4v) is 3.48. The molecule has 0 bridgehead atoms. The van der Waals surface area contributed by atoms with E-state index in [1.807, 2.05) is 24.3 Å². The van der Waals surface area contributed by atoms with Gasteiger partial charge in [-0.1, -0.05) is 6.92 Å². The number of anilines is 2. The third-order valence-electron chi connectivity index (χ3n) is 4.64. The molecule has 3 rings (SSSR count). The zero-order valence-electron chi connectivity index (χ0n) is 13.8. The molecule has 1 aromatic carbocycles. The van der Waals surface area contributed by atoms with Gasteiger partial charge in [-0.3, -0.25) is 14.5 Å². The first kappa shape index (κ1) is 16.0. The molecule has 0 spiro atoms. The third kappa shape index (κ3) is 4.10. The van der Waals surface area contributed by atoms with Gasteiger partial charge in [0.1, 0.15) is 0 Å². The van der Waals surface area contributed by atoms with Gasteiger partial charge in [0.05, 0.1) is 6.54 Å². The van der Waals surface area contributed by atoms with E-state index in [9.17, 15) is 9.59 Å². The van der Waals surface area contributed by atoms with Gasteiger partial charge >= 0.3 is 0 Å². The molecule has 1 aromatic rings. The lowest BCUT2D eigenvalue weighted by molar-refractivity contribution is -0.118. The van der Waals surface area contributed by atoms with Crippen molar-refractivity contribution in [3.05, 3.63) is 24.3 Å². The fraction of sp³-hybridized carbons (Fsp3) is 0.556. The second-order valence-corrected chi connectivity index (χ2v) is 6.73. The first-order valence-corrected chi connectivity index (χ1v) is 8.54. The summed E-state index contributed by atoms with van der Waals surface area (Å²) in [5, 5.41) is 2.95. The molecule has 2 saturated heterocycles. The highest BCUT2D eigenvalue weighted by Gasteiger charge is 2.22. The summed E-state index contributed by atoms with van der Waals surface area (Å²) < 4.78 is 0. The minimum atomic E-state index is 0.0316. The fourth-order valence-electron chi connectivity index (χ4n) is 3.48. The van der Waals surface area contributed by atoms with E-state index < -0.39 is 0 Å². The second kappa shape index (κ2) is 7.13. The summed E-state index contributed by atoms with van der Waals surface area (Å²) in [5.74, 6) is 0.888. The van der Waals surface area contributed by atoms with Crippen LogP contribution in [0.2, 0.25) is 0 Å². The normalized spacial score (nSPS) is 22.4. The number of rotatable bonds is 4. The van der Waals surface area contributed by atoms with Crippen LogP contribution in [0, 0.1) is 5.92 Å². The molecule has 2 amide bonds. The molecule has 0 saturated carbocycles. The Morgan fingerprint density at radius 2 is 2.00 bits per heavy atom. The first-order valence-electron chi connectivity index (χ1n) is 8.54. The molecule has 5 nitrogen and oxygen atoms in total. The molecule has 0 unspecified atom stereocenters. The van der Waals surface area contributed by atoms with Crippen LogP contribution in [0.5, 0.6) is 0 Å². The standard InChI is InChI=1S/C18H25N3O2/c1-14-4-2-10-20(12-14)13-17(22)19-15-6-8-16(9-7-15)21-11-3-5-18(21)23/h6-9,14H,2-5,10-13H2,1H3,(H,19,22)/t14-/m0/s1. The smallest absolute Gasteiger partial charge is 0.238 e. The monoisotopic (exact) mass is 315 g/mol. The molecule has 2 fully saturated rings. The van der Waals surface area contributed by atoms with Gasteiger partial charge < -0.3 is 10.2 Å². The van der Waals surface area contributed by atoms with E-state index in [-0.39, 0.29) is 11.8 Å². The van der Waals surface area contributed by atoms with Crippen LogP contribution in [0.4, 0.5) is 11.4 Å². The maximum atomic E-state index is 12.2. The predicted octanol–water partition coefficient (Wildman–Crippen LogP) is 2.48. The second-order valence-electron chi connectivity index (χ2n) is 6.73. The Balaban J connectivity index is 1.53. The number of nitrogens with zero attached hydrogens (tertiary/aromatic N) is 2. The molecule has 1 N–H and O–H groups in total. The van der Waals surface area contributed by atoms with E-state index in [1.54, 1.807) is 4.90 Å². The van der Waals surface area contributed by atoms with Crippen LogP contribution in [0.25, 0.3) is 0 Å². The average Bonchev–Trinajstić information content (AvgIpc) is 2.94.